The Morgan fingerprint density at radius 1 is 1.64 bits per heavy atom. The number of methoxy groups -OCH3 is 1. The largest absolute Gasteiger partial charge is 0.507 e. The molecule has 0 aromatic heterocycles. The van der Waals surface area contributed by atoms with E-state index in [-0.39, 0.29) is 21.8 Å². The Bertz CT molecular complexity index is 423. The first kappa shape index (κ1) is 10.4. The van der Waals surface area contributed by atoms with Crippen LogP contribution in [0.4, 0.5) is 0 Å². The van der Waals surface area contributed by atoms with E-state index in [4.69, 9.17) is 5.26 Å². The Morgan fingerprint density at radius 2 is 2.29 bits per heavy atom. The van der Waals surface area contributed by atoms with Crippen LogP contribution in [-0.4, -0.2) is 18.2 Å². The summed E-state index contributed by atoms with van der Waals surface area (Å²) in [5.74, 6) is -0.967. The Balaban J connectivity index is 3.42. The molecule has 5 heteroatoms. The molecule has 1 aromatic carbocycles. The van der Waals surface area contributed by atoms with Crippen molar-refractivity contribution in [2.24, 2.45) is 0 Å². The standard InChI is InChI=1S/C9H7NO3S/c1-13-9(12)7-6(11)3-2-5(4-10)8(7)14/h2-3,11,14H,1H3. The molecule has 0 saturated carbocycles. The van der Waals surface area contributed by atoms with Crippen LogP contribution < -0.4 is 0 Å². The molecule has 0 aliphatic carbocycles. The van der Waals surface area contributed by atoms with Crippen LogP contribution in [0.2, 0.25) is 0 Å². The van der Waals surface area contributed by atoms with Gasteiger partial charge in [-0.2, -0.15) is 5.26 Å². The number of benzene rings is 1. The molecule has 72 valence electrons. The van der Waals surface area contributed by atoms with E-state index < -0.39 is 5.97 Å². The molecule has 0 aliphatic rings. The Hall–Kier alpha value is -1.67. The van der Waals surface area contributed by atoms with Crippen molar-refractivity contribution in [1.82, 2.24) is 0 Å². The quantitative estimate of drug-likeness (QED) is 0.541. The van der Waals surface area contributed by atoms with Crippen molar-refractivity contribution in [3.63, 3.8) is 0 Å². The normalized spacial score (nSPS) is 9.21. The number of hydrogen-bond donors (Lipinski definition) is 2. The molecule has 0 fully saturated rings. The van der Waals surface area contributed by atoms with Gasteiger partial charge in [-0.15, -0.1) is 12.6 Å². The van der Waals surface area contributed by atoms with Crippen LogP contribution in [0.25, 0.3) is 0 Å². The zero-order chi connectivity index (χ0) is 10.7. The van der Waals surface area contributed by atoms with Gasteiger partial charge in [0.2, 0.25) is 0 Å². The predicted octanol–water partition coefficient (Wildman–Crippen LogP) is 1.34. The van der Waals surface area contributed by atoms with Gasteiger partial charge in [0, 0.05) is 4.90 Å². The Morgan fingerprint density at radius 3 is 2.79 bits per heavy atom. The molecule has 0 atom stereocenters. The highest BCUT2D eigenvalue weighted by Crippen LogP contribution is 2.27. The average Bonchev–Trinajstić information content (AvgIpc) is 2.18. The van der Waals surface area contributed by atoms with Crippen molar-refractivity contribution >= 4 is 18.6 Å². The molecule has 0 heterocycles. The summed E-state index contributed by atoms with van der Waals surface area (Å²) < 4.78 is 4.44. The number of carbonyl (C=O) groups is 1. The van der Waals surface area contributed by atoms with E-state index in [9.17, 15) is 9.90 Å². The third-order valence-electron chi connectivity index (χ3n) is 1.67. The minimum Gasteiger partial charge on any atom is -0.507 e. The van der Waals surface area contributed by atoms with E-state index in [1.807, 2.05) is 6.07 Å². The Kier molecular flexibility index (Phi) is 2.99. The number of thiol groups is 1. The average molecular weight is 209 g/mol. The van der Waals surface area contributed by atoms with E-state index in [2.05, 4.69) is 17.4 Å². The minimum absolute atomic E-state index is 0.0881. The van der Waals surface area contributed by atoms with Gasteiger partial charge in [-0.3, -0.25) is 0 Å². The first-order valence-electron chi connectivity index (χ1n) is 3.65. The molecule has 0 aliphatic heterocycles. The summed E-state index contributed by atoms with van der Waals surface area (Å²) in [6.45, 7) is 0. The van der Waals surface area contributed by atoms with Crippen molar-refractivity contribution in [2.45, 2.75) is 4.90 Å². The number of phenols is 1. The number of ether oxygens (including phenoxy) is 1. The zero-order valence-corrected chi connectivity index (χ0v) is 8.21. The minimum atomic E-state index is -0.718. The van der Waals surface area contributed by atoms with E-state index in [0.29, 0.717) is 0 Å². The summed E-state index contributed by atoms with van der Waals surface area (Å²) >= 11 is 3.97. The molecule has 0 spiro atoms. The lowest BCUT2D eigenvalue weighted by Crippen LogP contribution is -2.04. The number of carbonyl (C=O) groups excluding carboxylic acids is 1. The molecule has 0 radical (unpaired) electrons. The number of phenolic OH excluding ortho intramolecular Hbond substituents is 1. The Labute approximate surface area is 86.1 Å². The lowest BCUT2D eigenvalue weighted by molar-refractivity contribution is 0.0593. The fraction of sp³-hybridized carbons (Fsp3) is 0.111. The molecule has 1 aromatic rings. The van der Waals surface area contributed by atoms with Crippen LogP contribution in [0, 0.1) is 11.3 Å². The summed E-state index contributed by atoms with van der Waals surface area (Å²) in [6, 6.07) is 4.48. The molecule has 4 nitrogen and oxygen atoms in total. The highest BCUT2D eigenvalue weighted by molar-refractivity contribution is 7.80. The van der Waals surface area contributed by atoms with Crippen LogP contribution >= 0.6 is 12.6 Å². The van der Waals surface area contributed by atoms with Gasteiger partial charge >= 0.3 is 5.97 Å². The maximum absolute atomic E-state index is 11.2. The maximum Gasteiger partial charge on any atom is 0.342 e. The predicted molar refractivity (Wildman–Crippen MR) is 51.4 cm³/mol. The van der Waals surface area contributed by atoms with Gasteiger partial charge in [0.25, 0.3) is 0 Å². The molecular weight excluding hydrogens is 202 g/mol. The van der Waals surface area contributed by atoms with Gasteiger partial charge in [-0.25, -0.2) is 4.79 Å². The number of esters is 1. The zero-order valence-electron chi connectivity index (χ0n) is 7.31. The number of hydrogen-bond acceptors (Lipinski definition) is 5. The van der Waals surface area contributed by atoms with Crippen LogP contribution in [0.3, 0.4) is 0 Å². The number of aromatic hydroxyl groups is 1. The molecule has 0 amide bonds. The summed E-state index contributed by atoms with van der Waals surface area (Å²) in [5.41, 5.74) is 0.126. The molecular formula is C9H7NO3S. The van der Waals surface area contributed by atoms with Gasteiger partial charge in [-0.05, 0) is 12.1 Å². The van der Waals surface area contributed by atoms with Gasteiger partial charge < -0.3 is 9.84 Å². The van der Waals surface area contributed by atoms with Gasteiger partial charge in [0.05, 0.1) is 12.7 Å². The highest BCUT2D eigenvalue weighted by Gasteiger charge is 2.17. The second kappa shape index (κ2) is 4.03. The molecule has 1 rings (SSSR count). The van der Waals surface area contributed by atoms with E-state index in [1.54, 1.807) is 0 Å². The van der Waals surface area contributed by atoms with Crippen LogP contribution in [0.15, 0.2) is 17.0 Å². The molecule has 14 heavy (non-hydrogen) atoms. The summed E-state index contributed by atoms with van der Waals surface area (Å²) in [4.78, 5) is 11.3. The van der Waals surface area contributed by atoms with Crippen LogP contribution in [0.1, 0.15) is 15.9 Å². The third-order valence-corrected chi connectivity index (χ3v) is 2.13. The highest BCUT2D eigenvalue weighted by atomic mass is 32.1. The van der Waals surface area contributed by atoms with Crippen molar-refractivity contribution in [3.8, 4) is 11.8 Å². The van der Waals surface area contributed by atoms with E-state index >= 15 is 0 Å². The topological polar surface area (TPSA) is 70.3 Å². The van der Waals surface area contributed by atoms with Crippen molar-refractivity contribution in [3.05, 3.63) is 23.3 Å². The lowest BCUT2D eigenvalue weighted by atomic mass is 10.1. The summed E-state index contributed by atoms with van der Waals surface area (Å²) in [5, 5.41) is 18.0. The molecule has 1 N–H and O–H groups in total. The van der Waals surface area contributed by atoms with Crippen LogP contribution in [-0.2, 0) is 4.74 Å². The molecule has 0 unspecified atom stereocenters. The molecule has 0 saturated heterocycles. The lowest BCUT2D eigenvalue weighted by Gasteiger charge is -2.06. The maximum atomic E-state index is 11.2. The summed E-state index contributed by atoms with van der Waals surface area (Å²) in [7, 11) is 1.19. The fourth-order valence-corrected chi connectivity index (χ4v) is 1.30. The van der Waals surface area contributed by atoms with E-state index in [0.717, 1.165) is 0 Å². The summed E-state index contributed by atoms with van der Waals surface area (Å²) in [6.07, 6.45) is 0. The first-order chi connectivity index (χ1) is 6.61. The monoisotopic (exact) mass is 209 g/mol. The molecule has 0 bridgehead atoms. The number of rotatable bonds is 1. The second-order valence-corrected chi connectivity index (χ2v) is 2.91. The second-order valence-electron chi connectivity index (χ2n) is 2.46. The number of nitrogens with zero attached hydrogens (tertiary/aromatic N) is 1. The smallest absolute Gasteiger partial charge is 0.342 e. The fourth-order valence-electron chi connectivity index (χ4n) is 0.974. The van der Waals surface area contributed by atoms with Crippen molar-refractivity contribution < 1.29 is 14.6 Å². The van der Waals surface area contributed by atoms with Crippen molar-refractivity contribution in [2.75, 3.05) is 7.11 Å². The van der Waals surface area contributed by atoms with Crippen molar-refractivity contribution in [1.29, 1.82) is 5.26 Å². The third kappa shape index (κ3) is 1.65. The van der Waals surface area contributed by atoms with Crippen LogP contribution in [0.5, 0.6) is 5.75 Å². The van der Waals surface area contributed by atoms with Gasteiger partial charge in [-0.1, -0.05) is 0 Å². The first-order valence-corrected chi connectivity index (χ1v) is 4.10. The van der Waals surface area contributed by atoms with Gasteiger partial charge in [0.1, 0.15) is 17.4 Å². The van der Waals surface area contributed by atoms with E-state index in [1.165, 1.54) is 19.2 Å². The van der Waals surface area contributed by atoms with Gasteiger partial charge in [0.15, 0.2) is 0 Å². The SMILES string of the molecule is COC(=O)c1c(O)ccc(C#N)c1S. The number of nitriles is 1.